The number of hydrogen-bond donors (Lipinski definition) is 1. The lowest BCUT2D eigenvalue weighted by atomic mass is 9.63. The van der Waals surface area contributed by atoms with Gasteiger partial charge in [0.15, 0.2) is 0 Å². The molecule has 0 spiro atoms. The second kappa shape index (κ2) is 5.67. The van der Waals surface area contributed by atoms with Crippen molar-refractivity contribution in [3.05, 3.63) is 0 Å². The molecule has 1 saturated carbocycles. The molecule has 0 amide bonds. The molecule has 0 aromatic heterocycles. The van der Waals surface area contributed by atoms with Crippen LogP contribution in [0, 0.1) is 17.3 Å². The summed E-state index contributed by atoms with van der Waals surface area (Å²) in [6.07, 6.45) is 4.95. The van der Waals surface area contributed by atoms with Crippen molar-refractivity contribution in [2.45, 2.75) is 46.0 Å². The van der Waals surface area contributed by atoms with Gasteiger partial charge in [-0.2, -0.15) is 0 Å². The molecule has 0 bridgehead atoms. The standard InChI is InChI=1S/C13H24O3/c1-4-11-6-5-7-13(8-11,12(14)15)10(2)9-16-3/h10-11H,4-9H2,1-3H3,(H,14,15). The van der Waals surface area contributed by atoms with Crippen LogP contribution in [0.25, 0.3) is 0 Å². The second-order valence-corrected chi connectivity index (χ2v) is 5.19. The zero-order valence-electron chi connectivity index (χ0n) is 10.7. The monoisotopic (exact) mass is 228 g/mol. The smallest absolute Gasteiger partial charge is 0.310 e. The van der Waals surface area contributed by atoms with Crippen LogP contribution in [-0.4, -0.2) is 24.8 Å². The Bertz CT molecular complexity index is 239. The minimum atomic E-state index is -0.629. The number of carboxylic acid groups (broad SMARTS) is 1. The fourth-order valence-electron chi connectivity index (χ4n) is 3.04. The van der Waals surface area contributed by atoms with Gasteiger partial charge in [0.25, 0.3) is 0 Å². The number of rotatable bonds is 5. The highest BCUT2D eigenvalue weighted by molar-refractivity contribution is 5.75. The topological polar surface area (TPSA) is 46.5 Å². The van der Waals surface area contributed by atoms with Crippen LogP contribution in [0.5, 0.6) is 0 Å². The molecule has 1 aliphatic rings. The molecule has 1 rings (SSSR count). The normalized spacial score (nSPS) is 32.3. The van der Waals surface area contributed by atoms with E-state index in [0.717, 1.165) is 25.7 Å². The van der Waals surface area contributed by atoms with Crippen LogP contribution >= 0.6 is 0 Å². The van der Waals surface area contributed by atoms with Crippen molar-refractivity contribution in [3.63, 3.8) is 0 Å². The molecular weight excluding hydrogens is 204 g/mol. The Morgan fingerprint density at radius 1 is 1.62 bits per heavy atom. The maximum atomic E-state index is 11.6. The second-order valence-electron chi connectivity index (χ2n) is 5.19. The van der Waals surface area contributed by atoms with Gasteiger partial charge in [-0.05, 0) is 24.7 Å². The minimum absolute atomic E-state index is 0.101. The predicted molar refractivity (Wildman–Crippen MR) is 63.4 cm³/mol. The summed E-state index contributed by atoms with van der Waals surface area (Å²) in [5.74, 6) is 0.0451. The summed E-state index contributed by atoms with van der Waals surface area (Å²) in [6, 6.07) is 0. The van der Waals surface area contributed by atoms with E-state index in [4.69, 9.17) is 4.74 Å². The molecule has 3 heteroatoms. The van der Waals surface area contributed by atoms with Crippen LogP contribution in [0.2, 0.25) is 0 Å². The van der Waals surface area contributed by atoms with Crippen LogP contribution in [-0.2, 0) is 9.53 Å². The summed E-state index contributed by atoms with van der Waals surface area (Å²) in [5, 5.41) is 9.54. The predicted octanol–water partition coefficient (Wildman–Crippen LogP) is 2.94. The van der Waals surface area contributed by atoms with Gasteiger partial charge in [-0.1, -0.05) is 33.1 Å². The molecule has 1 aliphatic carbocycles. The molecule has 0 aromatic rings. The fraction of sp³-hybridized carbons (Fsp3) is 0.923. The van der Waals surface area contributed by atoms with Crippen LogP contribution in [0.3, 0.4) is 0 Å². The van der Waals surface area contributed by atoms with Gasteiger partial charge in [0.05, 0.1) is 5.41 Å². The fourth-order valence-corrected chi connectivity index (χ4v) is 3.04. The van der Waals surface area contributed by atoms with Gasteiger partial charge in [-0.25, -0.2) is 0 Å². The first-order valence-corrected chi connectivity index (χ1v) is 6.29. The van der Waals surface area contributed by atoms with Crippen molar-refractivity contribution in [2.24, 2.45) is 17.3 Å². The van der Waals surface area contributed by atoms with E-state index in [1.807, 2.05) is 6.92 Å². The highest BCUT2D eigenvalue weighted by Gasteiger charge is 2.46. The van der Waals surface area contributed by atoms with Gasteiger partial charge in [0, 0.05) is 13.7 Å². The first-order valence-electron chi connectivity index (χ1n) is 6.29. The molecular formula is C13H24O3. The Labute approximate surface area is 98.2 Å². The van der Waals surface area contributed by atoms with Crippen molar-refractivity contribution in [2.75, 3.05) is 13.7 Å². The van der Waals surface area contributed by atoms with Crippen molar-refractivity contribution < 1.29 is 14.6 Å². The average Bonchev–Trinajstić information content (AvgIpc) is 2.29. The Morgan fingerprint density at radius 3 is 2.81 bits per heavy atom. The van der Waals surface area contributed by atoms with Gasteiger partial charge in [0.2, 0.25) is 0 Å². The SMILES string of the molecule is CCC1CCCC(C(=O)O)(C(C)COC)C1. The molecule has 0 radical (unpaired) electrons. The van der Waals surface area contributed by atoms with E-state index in [0.29, 0.717) is 12.5 Å². The summed E-state index contributed by atoms with van der Waals surface area (Å²) in [7, 11) is 1.65. The lowest BCUT2D eigenvalue weighted by Gasteiger charge is -2.41. The van der Waals surface area contributed by atoms with E-state index in [1.165, 1.54) is 6.42 Å². The molecule has 3 unspecified atom stereocenters. The van der Waals surface area contributed by atoms with Crippen LogP contribution in [0.4, 0.5) is 0 Å². The van der Waals surface area contributed by atoms with Crippen molar-refractivity contribution in [1.82, 2.24) is 0 Å². The molecule has 0 aliphatic heterocycles. The van der Waals surface area contributed by atoms with Crippen molar-refractivity contribution in [1.29, 1.82) is 0 Å². The van der Waals surface area contributed by atoms with Gasteiger partial charge < -0.3 is 9.84 Å². The summed E-state index contributed by atoms with van der Waals surface area (Å²) in [6.45, 7) is 4.71. The Morgan fingerprint density at radius 2 is 2.31 bits per heavy atom. The molecule has 16 heavy (non-hydrogen) atoms. The highest BCUT2D eigenvalue weighted by Crippen LogP contribution is 2.46. The molecule has 0 aromatic carbocycles. The maximum absolute atomic E-state index is 11.6. The number of ether oxygens (including phenoxy) is 1. The molecule has 3 nitrogen and oxygen atoms in total. The Balaban J connectivity index is 2.82. The summed E-state index contributed by atoms with van der Waals surface area (Å²) in [5.41, 5.74) is -0.547. The summed E-state index contributed by atoms with van der Waals surface area (Å²) < 4.78 is 5.14. The third kappa shape index (κ3) is 2.57. The van der Waals surface area contributed by atoms with E-state index < -0.39 is 11.4 Å². The largest absolute Gasteiger partial charge is 0.481 e. The third-order valence-electron chi connectivity index (χ3n) is 4.25. The number of carbonyl (C=O) groups is 1. The molecule has 0 saturated heterocycles. The first-order chi connectivity index (χ1) is 7.56. The summed E-state index contributed by atoms with van der Waals surface area (Å²) >= 11 is 0. The quantitative estimate of drug-likeness (QED) is 0.787. The first kappa shape index (κ1) is 13.5. The number of hydrogen-bond acceptors (Lipinski definition) is 2. The van der Waals surface area contributed by atoms with Gasteiger partial charge in [-0.3, -0.25) is 4.79 Å². The van der Waals surface area contributed by atoms with E-state index in [9.17, 15) is 9.90 Å². The van der Waals surface area contributed by atoms with E-state index in [-0.39, 0.29) is 5.92 Å². The molecule has 1 N–H and O–H groups in total. The van der Waals surface area contributed by atoms with Crippen molar-refractivity contribution >= 4 is 5.97 Å². The maximum Gasteiger partial charge on any atom is 0.310 e. The van der Waals surface area contributed by atoms with Gasteiger partial charge in [-0.15, -0.1) is 0 Å². The van der Waals surface area contributed by atoms with Crippen LogP contribution in [0.15, 0.2) is 0 Å². The molecule has 94 valence electrons. The summed E-state index contributed by atoms with van der Waals surface area (Å²) in [4.78, 5) is 11.6. The zero-order chi connectivity index (χ0) is 12.2. The lowest BCUT2D eigenvalue weighted by molar-refractivity contribution is -0.158. The minimum Gasteiger partial charge on any atom is -0.481 e. The van der Waals surface area contributed by atoms with Crippen molar-refractivity contribution in [3.8, 4) is 0 Å². The third-order valence-corrected chi connectivity index (χ3v) is 4.25. The average molecular weight is 228 g/mol. The molecule has 0 heterocycles. The van der Waals surface area contributed by atoms with E-state index in [1.54, 1.807) is 7.11 Å². The number of methoxy groups -OCH3 is 1. The molecule has 3 atom stereocenters. The number of aliphatic carboxylic acids is 1. The molecule has 1 fully saturated rings. The van der Waals surface area contributed by atoms with E-state index in [2.05, 4.69) is 6.92 Å². The number of carboxylic acids is 1. The van der Waals surface area contributed by atoms with Crippen LogP contribution in [0.1, 0.15) is 46.0 Å². The van der Waals surface area contributed by atoms with Gasteiger partial charge in [0.1, 0.15) is 0 Å². The van der Waals surface area contributed by atoms with E-state index >= 15 is 0 Å². The van der Waals surface area contributed by atoms with Gasteiger partial charge >= 0.3 is 5.97 Å². The Kier molecular flexibility index (Phi) is 4.78. The highest BCUT2D eigenvalue weighted by atomic mass is 16.5. The zero-order valence-corrected chi connectivity index (χ0v) is 10.7. The van der Waals surface area contributed by atoms with Crippen LogP contribution < -0.4 is 0 Å². The Hall–Kier alpha value is -0.570. The lowest BCUT2D eigenvalue weighted by Crippen LogP contribution is -2.43.